The highest BCUT2D eigenvalue weighted by atomic mass is 16.5. The zero-order valence-corrected chi connectivity index (χ0v) is 17.5. The molecule has 7 nitrogen and oxygen atoms in total. The predicted octanol–water partition coefficient (Wildman–Crippen LogP) is 2.80. The Morgan fingerprint density at radius 1 is 1.13 bits per heavy atom. The number of fused-ring (bicyclic) bond motifs is 1. The predicted molar refractivity (Wildman–Crippen MR) is 119 cm³/mol. The number of ether oxygens (including phenoxy) is 2. The molecule has 1 aliphatic heterocycles. The van der Waals surface area contributed by atoms with Crippen molar-refractivity contribution in [1.29, 1.82) is 0 Å². The Labute approximate surface area is 181 Å². The molecule has 2 aromatic carbocycles. The minimum absolute atomic E-state index is 0.188. The lowest BCUT2D eigenvalue weighted by Gasteiger charge is -2.33. The molecule has 1 aliphatic rings. The molecule has 1 atom stereocenters. The standard InChI is InChI=1S/C24H29N3O4/c25-24(29)22-13-20-21(26-22)7-4-8-23(20)31-16-18(28)14-27-11-9-17(10-12-27)15-30-19-5-2-1-3-6-19/h1-8,13,17-18,26,28H,9-12,14-16H2,(H2,25,29). The van der Waals surface area contributed by atoms with Gasteiger partial charge in [-0.05, 0) is 62.2 Å². The highest BCUT2D eigenvalue weighted by Crippen LogP contribution is 2.26. The summed E-state index contributed by atoms with van der Waals surface area (Å²) in [5, 5.41) is 11.3. The Morgan fingerprint density at radius 2 is 1.90 bits per heavy atom. The molecule has 31 heavy (non-hydrogen) atoms. The number of primary amides is 1. The lowest BCUT2D eigenvalue weighted by molar-refractivity contribution is 0.0507. The smallest absolute Gasteiger partial charge is 0.265 e. The molecule has 0 saturated carbocycles. The Kier molecular flexibility index (Phi) is 6.74. The van der Waals surface area contributed by atoms with Gasteiger partial charge >= 0.3 is 0 Å². The lowest BCUT2D eigenvalue weighted by Crippen LogP contribution is -2.41. The number of aromatic amines is 1. The molecular formula is C24H29N3O4. The van der Waals surface area contributed by atoms with Crippen LogP contribution in [0.4, 0.5) is 0 Å². The van der Waals surface area contributed by atoms with E-state index in [4.69, 9.17) is 15.2 Å². The number of aliphatic hydroxyl groups is 1. The number of hydrogen-bond donors (Lipinski definition) is 3. The molecule has 1 fully saturated rings. The van der Waals surface area contributed by atoms with Crippen LogP contribution in [-0.2, 0) is 0 Å². The summed E-state index contributed by atoms with van der Waals surface area (Å²) < 4.78 is 11.7. The van der Waals surface area contributed by atoms with Crippen LogP contribution < -0.4 is 15.2 Å². The fourth-order valence-corrected chi connectivity index (χ4v) is 3.99. The Bertz CT molecular complexity index is 996. The fourth-order valence-electron chi connectivity index (χ4n) is 3.99. The van der Waals surface area contributed by atoms with E-state index >= 15 is 0 Å². The van der Waals surface area contributed by atoms with Gasteiger partial charge in [0.25, 0.3) is 5.91 Å². The van der Waals surface area contributed by atoms with Crippen molar-refractivity contribution in [3.63, 3.8) is 0 Å². The SMILES string of the molecule is NC(=O)c1cc2c(OCC(O)CN3CCC(COc4ccccc4)CC3)cccc2[nH]1. The number of nitrogens with one attached hydrogen (secondary N) is 1. The van der Waals surface area contributed by atoms with Crippen LogP contribution in [0.3, 0.4) is 0 Å². The van der Waals surface area contributed by atoms with Crippen molar-refractivity contribution in [3.8, 4) is 11.5 Å². The van der Waals surface area contributed by atoms with Crippen LogP contribution in [0.25, 0.3) is 10.9 Å². The fraction of sp³-hybridized carbons (Fsp3) is 0.375. The first-order chi connectivity index (χ1) is 15.1. The number of amides is 1. The second-order valence-electron chi connectivity index (χ2n) is 8.10. The van der Waals surface area contributed by atoms with Crippen molar-refractivity contribution in [2.75, 3.05) is 32.8 Å². The summed E-state index contributed by atoms with van der Waals surface area (Å²) in [4.78, 5) is 16.7. The summed E-state index contributed by atoms with van der Waals surface area (Å²) in [6.07, 6.45) is 1.51. The molecule has 0 spiro atoms. The van der Waals surface area contributed by atoms with Gasteiger partial charge in [0.15, 0.2) is 0 Å². The van der Waals surface area contributed by atoms with E-state index in [1.54, 1.807) is 6.07 Å². The van der Waals surface area contributed by atoms with Gasteiger partial charge in [-0.3, -0.25) is 4.79 Å². The molecule has 1 saturated heterocycles. The number of benzene rings is 2. The maximum atomic E-state index is 11.4. The highest BCUT2D eigenvalue weighted by molar-refractivity contribution is 5.98. The van der Waals surface area contributed by atoms with Gasteiger partial charge in [-0.2, -0.15) is 0 Å². The summed E-state index contributed by atoms with van der Waals surface area (Å²) >= 11 is 0. The second kappa shape index (κ2) is 9.85. The number of piperidine rings is 1. The summed E-state index contributed by atoms with van der Waals surface area (Å²) in [6.45, 7) is 3.37. The van der Waals surface area contributed by atoms with E-state index in [0.29, 0.717) is 23.9 Å². The van der Waals surface area contributed by atoms with Gasteiger partial charge in [0.05, 0.1) is 6.61 Å². The topological polar surface area (TPSA) is 101 Å². The van der Waals surface area contributed by atoms with E-state index in [1.807, 2.05) is 48.5 Å². The minimum Gasteiger partial charge on any atom is -0.493 e. The molecule has 4 rings (SSSR count). The van der Waals surface area contributed by atoms with Crippen molar-refractivity contribution < 1.29 is 19.4 Å². The van der Waals surface area contributed by atoms with Crippen molar-refractivity contribution in [2.24, 2.45) is 11.7 Å². The first-order valence-electron chi connectivity index (χ1n) is 10.7. The van der Waals surface area contributed by atoms with Crippen LogP contribution in [0.5, 0.6) is 11.5 Å². The Hall–Kier alpha value is -3.03. The largest absolute Gasteiger partial charge is 0.493 e. The molecule has 1 unspecified atom stereocenters. The molecule has 164 valence electrons. The van der Waals surface area contributed by atoms with Gasteiger partial charge in [-0.15, -0.1) is 0 Å². The number of likely N-dealkylation sites (tertiary alicyclic amines) is 1. The van der Waals surface area contributed by atoms with E-state index in [2.05, 4.69) is 9.88 Å². The van der Waals surface area contributed by atoms with Crippen LogP contribution in [-0.4, -0.2) is 59.8 Å². The van der Waals surface area contributed by atoms with Gasteiger partial charge in [0.2, 0.25) is 0 Å². The summed E-state index contributed by atoms with van der Waals surface area (Å²) in [5.41, 5.74) is 6.46. The van der Waals surface area contributed by atoms with Crippen molar-refractivity contribution in [2.45, 2.75) is 18.9 Å². The number of nitrogens with zero attached hydrogens (tertiary/aromatic N) is 1. The first-order valence-corrected chi connectivity index (χ1v) is 10.7. The average Bonchev–Trinajstić information content (AvgIpc) is 3.23. The number of carbonyl (C=O) groups excluding carboxylic acids is 1. The number of β-amino-alcohol motifs (C(OH)–C–C–N with tert-alkyl or cyclic N) is 1. The molecule has 1 amide bonds. The van der Waals surface area contributed by atoms with E-state index in [9.17, 15) is 9.90 Å². The van der Waals surface area contributed by atoms with E-state index in [1.165, 1.54) is 0 Å². The normalized spacial score (nSPS) is 16.3. The van der Waals surface area contributed by atoms with Crippen molar-refractivity contribution in [1.82, 2.24) is 9.88 Å². The first kappa shape index (κ1) is 21.2. The van der Waals surface area contributed by atoms with Gasteiger partial charge in [-0.1, -0.05) is 24.3 Å². The molecule has 2 heterocycles. The maximum absolute atomic E-state index is 11.4. The number of nitrogens with two attached hydrogens (primary N) is 1. The molecule has 7 heteroatoms. The van der Waals surface area contributed by atoms with E-state index in [-0.39, 0.29) is 6.61 Å². The highest BCUT2D eigenvalue weighted by Gasteiger charge is 2.22. The third-order valence-corrected chi connectivity index (χ3v) is 5.73. The van der Waals surface area contributed by atoms with E-state index < -0.39 is 12.0 Å². The quantitative estimate of drug-likeness (QED) is 0.491. The summed E-state index contributed by atoms with van der Waals surface area (Å²) in [6, 6.07) is 17.1. The molecule has 0 bridgehead atoms. The van der Waals surface area contributed by atoms with E-state index in [0.717, 1.165) is 49.2 Å². The van der Waals surface area contributed by atoms with Crippen LogP contribution in [0.1, 0.15) is 23.3 Å². The molecule has 1 aromatic heterocycles. The van der Waals surface area contributed by atoms with Gasteiger partial charge in [0.1, 0.15) is 29.9 Å². The molecule has 0 radical (unpaired) electrons. The molecule has 4 N–H and O–H groups in total. The maximum Gasteiger partial charge on any atom is 0.265 e. The zero-order valence-electron chi connectivity index (χ0n) is 17.5. The number of rotatable bonds is 9. The van der Waals surface area contributed by atoms with Gasteiger partial charge in [-0.25, -0.2) is 0 Å². The molecule has 0 aliphatic carbocycles. The summed E-state index contributed by atoms with van der Waals surface area (Å²) in [5.74, 6) is 1.56. The lowest BCUT2D eigenvalue weighted by atomic mass is 9.97. The number of hydrogen-bond acceptors (Lipinski definition) is 5. The van der Waals surface area contributed by atoms with Gasteiger partial charge < -0.3 is 30.2 Å². The number of H-pyrrole nitrogens is 1. The third kappa shape index (κ3) is 5.57. The molecule has 3 aromatic rings. The van der Waals surface area contributed by atoms with Crippen LogP contribution in [0.15, 0.2) is 54.6 Å². The number of aliphatic hydroxyl groups excluding tert-OH is 1. The third-order valence-electron chi connectivity index (χ3n) is 5.73. The molecular weight excluding hydrogens is 394 g/mol. The summed E-state index contributed by atoms with van der Waals surface area (Å²) in [7, 11) is 0. The van der Waals surface area contributed by atoms with Crippen molar-refractivity contribution >= 4 is 16.8 Å². The van der Waals surface area contributed by atoms with Crippen LogP contribution >= 0.6 is 0 Å². The van der Waals surface area contributed by atoms with Crippen LogP contribution in [0, 0.1) is 5.92 Å². The minimum atomic E-state index is -0.595. The Morgan fingerprint density at radius 3 is 2.65 bits per heavy atom. The monoisotopic (exact) mass is 423 g/mol. The average molecular weight is 424 g/mol. The zero-order chi connectivity index (χ0) is 21.6. The number of para-hydroxylation sites is 1. The second-order valence-corrected chi connectivity index (χ2v) is 8.10. The number of aromatic nitrogens is 1. The number of carbonyl (C=O) groups is 1. The Balaban J connectivity index is 1.22. The van der Waals surface area contributed by atoms with Crippen LogP contribution in [0.2, 0.25) is 0 Å². The van der Waals surface area contributed by atoms with Crippen molar-refractivity contribution in [3.05, 3.63) is 60.3 Å². The van der Waals surface area contributed by atoms with Gasteiger partial charge in [0, 0.05) is 17.4 Å².